The minimum absolute atomic E-state index is 0.332. The Labute approximate surface area is 113 Å². The quantitative estimate of drug-likeness (QED) is 0.816. The molecule has 0 saturated heterocycles. The van der Waals surface area contributed by atoms with E-state index in [9.17, 15) is 4.79 Å². The zero-order valence-corrected chi connectivity index (χ0v) is 11.6. The number of carbonyl (C=O) groups is 1. The number of nitriles is 1. The second-order valence-electron chi connectivity index (χ2n) is 4.62. The van der Waals surface area contributed by atoms with Crippen molar-refractivity contribution in [1.82, 2.24) is 5.32 Å². The molecule has 0 fully saturated rings. The molecule has 0 radical (unpaired) electrons. The Kier molecular flexibility index (Phi) is 4.90. The lowest BCUT2D eigenvalue weighted by molar-refractivity contribution is -0.147. The average Bonchev–Trinajstić information content (AvgIpc) is 2.43. The fourth-order valence-electron chi connectivity index (χ4n) is 1.60. The highest BCUT2D eigenvalue weighted by Gasteiger charge is 2.27. The van der Waals surface area contributed by atoms with Gasteiger partial charge >= 0.3 is 5.97 Å². The number of hydrogen-bond acceptors (Lipinski definition) is 5. The van der Waals surface area contributed by atoms with Gasteiger partial charge in [-0.15, -0.1) is 0 Å². The second kappa shape index (κ2) is 6.21. The highest BCUT2D eigenvalue weighted by molar-refractivity contribution is 5.79. The van der Waals surface area contributed by atoms with E-state index in [0.717, 1.165) is 5.56 Å². The van der Waals surface area contributed by atoms with Crippen LogP contribution < -0.4 is 10.1 Å². The Hall–Kier alpha value is -2.06. The van der Waals surface area contributed by atoms with Crippen LogP contribution in [0, 0.1) is 11.3 Å². The first-order valence-corrected chi connectivity index (χ1v) is 5.85. The van der Waals surface area contributed by atoms with Crippen LogP contribution in [0.1, 0.15) is 25.0 Å². The van der Waals surface area contributed by atoms with E-state index < -0.39 is 5.54 Å². The molecule has 0 spiro atoms. The molecule has 5 heteroatoms. The summed E-state index contributed by atoms with van der Waals surface area (Å²) >= 11 is 0. The van der Waals surface area contributed by atoms with Crippen LogP contribution in [0.3, 0.4) is 0 Å². The van der Waals surface area contributed by atoms with Crippen molar-refractivity contribution in [3.05, 3.63) is 29.3 Å². The van der Waals surface area contributed by atoms with Gasteiger partial charge in [0.2, 0.25) is 0 Å². The molecule has 0 aliphatic carbocycles. The highest BCUT2D eigenvalue weighted by atomic mass is 16.5. The summed E-state index contributed by atoms with van der Waals surface area (Å²) in [7, 11) is 2.88. The second-order valence-corrected chi connectivity index (χ2v) is 4.62. The summed E-state index contributed by atoms with van der Waals surface area (Å²) in [4.78, 5) is 11.5. The van der Waals surface area contributed by atoms with Crippen molar-refractivity contribution < 1.29 is 14.3 Å². The van der Waals surface area contributed by atoms with Crippen molar-refractivity contribution in [3.8, 4) is 11.8 Å². The summed E-state index contributed by atoms with van der Waals surface area (Å²) in [5.41, 5.74) is 0.591. The van der Waals surface area contributed by atoms with Crippen LogP contribution in [0.5, 0.6) is 5.75 Å². The lowest BCUT2D eigenvalue weighted by atomic mass is 10.0. The molecular weight excluding hydrogens is 244 g/mol. The lowest BCUT2D eigenvalue weighted by Gasteiger charge is -2.23. The van der Waals surface area contributed by atoms with Gasteiger partial charge in [-0.3, -0.25) is 10.1 Å². The molecule has 0 bridgehead atoms. The van der Waals surface area contributed by atoms with Crippen LogP contribution >= 0.6 is 0 Å². The molecule has 0 saturated carbocycles. The third kappa shape index (κ3) is 3.70. The van der Waals surface area contributed by atoms with Crippen LogP contribution in [0.4, 0.5) is 0 Å². The average molecular weight is 262 g/mol. The van der Waals surface area contributed by atoms with Crippen LogP contribution in [0.25, 0.3) is 0 Å². The van der Waals surface area contributed by atoms with Crippen molar-refractivity contribution in [2.45, 2.75) is 25.9 Å². The molecule has 0 aliphatic heterocycles. The first kappa shape index (κ1) is 15.0. The number of hydrogen-bond donors (Lipinski definition) is 1. The molecule has 0 atom stereocenters. The van der Waals surface area contributed by atoms with E-state index in [1.54, 1.807) is 26.0 Å². The fraction of sp³-hybridized carbons (Fsp3) is 0.429. The van der Waals surface area contributed by atoms with Gasteiger partial charge in [0.25, 0.3) is 0 Å². The van der Waals surface area contributed by atoms with Crippen molar-refractivity contribution in [3.63, 3.8) is 0 Å². The van der Waals surface area contributed by atoms with Crippen LogP contribution in [0.2, 0.25) is 0 Å². The van der Waals surface area contributed by atoms with Crippen molar-refractivity contribution in [1.29, 1.82) is 5.26 Å². The van der Waals surface area contributed by atoms with Gasteiger partial charge in [-0.1, -0.05) is 6.07 Å². The van der Waals surface area contributed by atoms with Crippen molar-refractivity contribution in [2.24, 2.45) is 0 Å². The molecule has 1 aromatic rings. The Morgan fingerprint density at radius 1 is 1.42 bits per heavy atom. The van der Waals surface area contributed by atoms with Crippen LogP contribution in [0.15, 0.2) is 18.2 Å². The Morgan fingerprint density at radius 2 is 2.11 bits per heavy atom. The molecule has 0 heterocycles. The van der Waals surface area contributed by atoms with E-state index in [0.29, 0.717) is 17.9 Å². The molecule has 0 aromatic heterocycles. The van der Waals surface area contributed by atoms with E-state index >= 15 is 0 Å². The molecule has 102 valence electrons. The van der Waals surface area contributed by atoms with Crippen LogP contribution in [-0.4, -0.2) is 25.7 Å². The van der Waals surface area contributed by atoms with Gasteiger partial charge in [0.15, 0.2) is 0 Å². The molecule has 1 rings (SSSR count). The van der Waals surface area contributed by atoms with E-state index in [2.05, 4.69) is 11.4 Å². The zero-order valence-electron chi connectivity index (χ0n) is 11.6. The molecule has 0 aliphatic rings. The number of nitrogens with zero attached hydrogens (tertiary/aromatic N) is 1. The number of nitrogens with one attached hydrogen (secondary N) is 1. The molecule has 19 heavy (non-hydrogen) atoms. The third-order valence-corrected chi connectivity index (χ3v) is 2.81. The number of rotatable bonds is 5. The summed E-state index contributed by atoms with van der Waals surface area (Å²) in [6.45, 7) is 3.95. The summed E-state index contributed by atoms with van der Waals surface area (Å²) in [5, 5.41) is 12.1. The minimum atomic E-state index is -0.776. The Balaban J connectivity index is 2.79. The summed E-state index contributed by atoms with van der Waals surface area (Å²) in [6.07, 6.45) is 0. The maximum absolute atomic E-state index is 11.5. The molecule has 0 unspecified atom stereocenters. The maximum Gasteiger partial charge on any atom is 0.325 e. The van der Waals surface area contributed by atoms with Gasteiger partial charge in [0.1, 0.15) is 17.4 Å². The van der Waals surface area contributed by atoms with E-state index in [-0.39, 0.29) is 5.97 Å². The normalized spacial score (nSPS) is 10.7. The number of benzene rings is 1. The predicted octanol–water partition coefficient (Wildman–Crippen LogP) is 1.61. The smallest absolute Gasteiger partial charge is 0.325 e. The standard InChI is InChI=1S/C14H18N2O3/c1-14(2,13(17)19-4)16-9-10-5-6-12(18-3)11(7-10)8-15/h5-7,16H,9H2,1-4H3. The maximum atomic E-state index is 11.5. The first-order valence-electron chi connectivity index (χ1n) is 5.85. The van der Waals surface area contributed by atoms with Gasteiger partial charge in [0.05, 0.1) is 19.8 Å². The fourth-order valence-corrected chi connectivity index (χ4v) is 1.60. The van der Waals surface area contributed by atoms with E-state index in [4.69, 9.17) is 14.7 Å². The number of methoxy groups -OCH3 is 2. The molecule has 0 amide bonds. The monoisotopic (exact) mass is 262 g/mol. The predicted molar refractivity (Wildman–Crippen MR) is 70.6 cm³/mol. The SMILES string of the molecule is COC(=O)C(C)(C)NCc1ccc(OC)c(C#N)c1. The van der Waals surface area contributed by atoms with Gasteiger partial charge in [-0.2, -0.15) is 5.26 Å². The Morgan fingerprint density at radius 3 is 2.63 bits per heavy atom. The third-order valence-electron chi connectivity index (χ3n) is 2.81. The Bertz CT molecular complexity index is 504. The van der Waals surface area contributed by atoms with E-state index in [1.165, 1.54) is 14.2 Å². The zero-order chi connectivity index (χ0) is 14.5. The summed E-state index contributed by atoms with van der Waals surface area (Å²) < 4.78 is 9.79. The minimum Gasteiger partial charge on any atom is -0.495 e. The van der Waals surface area contributed by atoms with Crippen molar-refractivity contribution >= 4 is 5.97 Å². The van der Waals surface area contributed by atoms with Gasteiger partial charge in [-0.05, 0) is 31.5 Å². The lowest BCUT2D eigenvalue weighted by Crippen LogP contribution is -2.46. The molecule has 1 aromatic carbocycles. The summed E-state index contributed by atoms with van der Waals surface area (Å²) in [6, 6.07) is 7.39. The first-order chi connectivity index (χ1) is 8.94. The number of esters is 1. The number of ether oxygens (including phenoxy) is 2. The topological polar surface area (TPSA) is 71.3 Å². The van der Waals surface area contributed by atoms with Crippen molar-refractivity contribution in [2.75, 3.05) is 14.2 Å². The van der Waals surface area contributed by atoms with E-state index in [1.807, 2.05) is 6.07 Å². The molecular formula is C14H18N2O3. The number of carbonyl (C=O) groups excluding carboxylic acids is 1. The largest absolute Gasteiger partial charge is 0.495 e. The van der Waals surface area contributed by atoms with Gasteiger partial charge in [-0.25, -0.2) is 0 Å². The summed E-state index contributed by atoms with van der Waals surface area (Å²) in [5.74, 6) is 0.208. The van der Waals surface area contributed by atoms with Gasteiger partial charge < -0.3 is 9.47 Å². The van der Waals surface area contributed by atoms with Crippen LogP contribution in [-0.2, 0) is 16.1 Å². The highest BCUT2D eigenvalue weighted by Crippen LogP contribution is 2.19. The molecule has 5 nitrogen and oxygen atoms in total. The van der Waals surface area contributed by atoms with Gasteiger partial charge in [0, 0.05) is 6.54 Å². The molecule has 1 N–H and O–H groups in total.